The summed E-state index contributed by atoms with van der Waals surface area (Å²) >= 11 is 0. The molecule has 0 aromatic carbocycles. The highest BCUT2D eigenvalue weighted by Crippen LogP contribution is 2.12. The van der Waals surface area contributed by atoms with E-state index in [1.807, 2.05) is 24.9 Å². The first kappa shape index (κ1) is 12.9. The smallest absolute Gasteiger partial charge is 0.225 e. The molecule has 3 N–H and O–H groups in total. The lowest BCUT2D eigenvalue weighted by Crippen LogP contribution is -2.37. The van der Waals surface area contributed by atoms with Crippen LogP contribution in [0.5, 0.6) is 0 Å². The highest BCUT2D eigenvalue weighted by molar-refractivity contribution is 5.31. The number of hydrogen-bond donors (Lipinski definition) is 2. The molecule has 1 heterocycles. The van der Waals surface area contributed by atoms with Crippen molar-refractivity contribution in [1.82, 2.24) is 9.97 Å². The molecule has 5 heteroatoms. The standard InChI is InChI=1S/C11H20N4O/c1-8-5-9(6-12)14-10(13-8)15(4)7-11(2,3)16/h5,16H,6-7,12H2,1-4H3. The number of nitrogens with two attached hydrogens (primary N) is 1. The van der Waals surface area contributed by atoms with Gasteiger partial charge in [0, 0.05) is 25.8 Å². The van der Waals surface area contributed by atoms with Gasteiger partial charge in [-0.25, -0.2) is 9.97 Å². The van der Waals surface area contributed by atoms with Crippen molar-refractivity contribution in [1.29, 1.82) is 0 Å². The third-order valence-electron chi connectivity index (χ3n) is 2.07. The van der Waals surface area contributed by atoms with Gasteiger partial charge in [-0.2, -0.15) is 0 Å². The van der Waals surface area contributed by atoms with Gasteiger partial charge in [0.2, 0.25) is 5.95 Å². The van der Waals surface area contributed by atoms with E-state index in [0.717, 1.165) is 11.4 Å². The van der Waals surface area contributed by atoms with Gasteiger partial charge < -0.3 is 15.7 Å². The van der Waals surface area contributed by atoms with Crippen LogP contribution in [0.15, 0.2) is 6.07 Å². The number of aromatic nitrogens is 2. The SMILES string of the molecule is Cc1cc(CN)nc(N(C)CC(C)(C)O)n1. The first-order chi connectivity index (χ1) is 7.31. The Bertz CT molecular complexity index is 359. The van der Waals surface area contributed by atoms with E-state index in [1.54, 1.807) is 13.8 Å². The minimum absolute atomic E-state index is 0.396. The topological polar surface area (TPSA) is 75.3 Å². The number of hydrogen-bond acceptors (Lipinski definition) is 5. The average Bonchev–Trinajstić information content (AvgIpc) is 2.14. The third kappa shape index (κ3) is 3.75. The van der Waals surface area contributed by atoms with Crippen LogP contribution in [-0.4, -0.2) is 34.3 Å². The molecule has 0 spiro atoms. The van der Waals surface area contributed by atoms with Crippen LogP contribution in [0, 0.1) is 6.92 Å². The maximum atomic E-state index is 9.72. The minimum Gasteiger partial charge on any atom is -0.389 e. The highest BCUT2D eigenvalue weighted by Gasteiger charge is 2.17. The molecule has 0 fully saturated rings. The van der Waals surface area contributed by atoms with Crippen molar-refractivity contribution in [2.24, 2.45) is 5.73 Å². The molecule has 1 aromatic heterocycles. The summed E-state index contributed by atoms with van der Waals surface area (Å²) in [5.74, 6) is 0.600. The molecular formula is C11H20N4O. The van der Waals surface area contributed by atoms with E-state index >= 15 is 0 Å². The van der Waals surface area contributed by atoms with Gasteiger partial charge in [0.15, 0.2) is 0 Å². The van der Waals surface area contributed by atoms with E-state index in [-0.39, 0.29) is 0 Å². The normalized spacial score (nSPS) is 11.6. The summed E-state index contributed by atoms with van der Waals surface area (Å²) in [7, 11) is 1.85. The summed E-state index contributed by atoms with van der Waals surface area (Å²) in [5, 5.41) is 9.72. The van der Waals surface area contributed by atoms with Crippen LogP contribution in [0.4, 0.5) is 5.95 Å². The molecule has 16 heavy (non-hydrogen) atoms. The quantitative estimate of drug-likeness (QED) is 0.776. The van der Waals surface area contributed by atoms with Crippen molar-refractivity contribution in [2.75, 3.05) is 18.5 Å². The van der Waals surface area contributed by atoms with Gasteiger partial charge in [-0.15, -0.1) is 0 Å². The van der Waals surface area contributed by atoms with Gasteiger partial charge in [-0.3, -0.25) is 0 Å². The Hall–Kier alpha value is -1.20. The molecule has 1 rings (SSSR count). The van der Waals surface area contributed by atoms with Gasteiger partial charge in [-0.05, 0) is 26.8 Å². The van der Waals surface area contributed by atoms with Crippen LogP contribution < -0.4 is 10.6 Å². The number of nitrogens with zero attached hydrogens (tertiary/aromatic N) is 3. The summed E-state index contributed by atoms with van der Waals surface area (Å²) < 4.78 is 0. The van der Waals surface area contributed by atoms with Gasteiger partial charge in [0.25, 0.3) is 0 Å². The van der Waals surface area contributed by atoms with Gasteiger partial charge >= 0.3 is 0 Å². The molecule has 0 aliphatic heterocycles. The Balaban J connectivity index is 2.90. The Morgan fingerprint density at radius 1 is 1.44 bits per heavy atom. The molecule has 0 saturated heterocycles. The molecule has 0 bridgehead atoms. The highest BCUT2D eigenvalue weighted by atomic mass is 16.3. The summed E-state index contributed by atoms with van der Waals surface area (Å²) in [6.07, 6.45) is 0. The van der Waals surface area contributed by atoms with Crippen LogP contribution in [0.2, 0.25) is 0 Å². The Morgan fingerprint density at radius 2 is 2.06 bits per heavy atom. The Morgan fingerprint density at radius 3 is 2.56 bits per heavy atom. The molecule has 5 nitrogen and oxygen atoms in total. The summed E-state index contributed by atoms with van der Waals surface area (Å²) in [5.41, 5.74) is 6.48. The molecule has 0 unspecified atom stereocenters. The fourth-order valence-corrected chi connectivity index (χ4v) is 1.54. The first-order valence-electron chi connectivity index (χ1n) is 5.30. The number of aliphatic hydroxyl groups is 1. The van der Waals surface area contributed by atoms with Gasteiger partial charge in [-0.1, -0.05) is 0 Å². The van der Waals surface area contributed by atoms with Crippen molar-refractivity contribution in [3.63, 3.8) is 0 Å². The van der Waals surface area contributed by atoms with Crippen molar-refractivity contribution in [2.45, 2.75) is 32.9 Å². The van der Waals surface area contributed by atoms with E-state index in [2.05, 4.69) is 9.97 Å². The molecule has 0 aliphatic carbocycles. The minimum atomic E-state index is -0.773. The molecular weight excluding hydrogens is 204 g/mol. The van der Waals surface area contributed by atoms with Crippen molar-refractivity contribution < 1.29 is 5.11 Å². The van der Waals surface area contributed by atoms with E-state index in [9.17, 15) is 5.11 Å². The van der Waals surface area contributed by atoms with Crippen LogP contribution in [0.3, 0.4) is 0 Å². The molecule has 0 atom stereocenters. The molecule has 1 aromatic rings. The number of likely N-dealkylation sites (N-methyl/N-ethyl adjacent to an activating group) is 1. The van der Waals surface area contributed by atoms with Crippen molar-refractivity contribution in [3.05, 3.63) is 17.5 Å². The second-order valence-electron chi connectivity index (χ2n) is 4.67. The van der Waals surface area contributed by atoms with Crippen molar-refractivity contribution in [3.8, 4) is 0 Å². The summed E-state index contributed by atoms with van der Waals surface area (Å²) in [6.45, 7) is 6.28. The fraction of sp³-hybridized carbons (Fsp3) is 0.636. The zero-order valence-corrected chi connectivity index (χ0v) is 10.4. The van der Waals surface area contributed by atoms with E-state index in [4.69, 9.17) is 5.73 Å². The molecule has 0 amide bonds. The van der Waals surface area contributed by atoms with E-state index < -0.39 is 5.60 Å². The van der Waals surface area contributed by atoms with Crippen LogP contribution >= 0.6 is 0 Å². The van der Waals surface area contributed by atoms with Crippen LogP contribution in [0.25, 0.3) is 0 Å². The maximum Gasteiger partial charge on any atom is 0.225 e. The first-order valence-corrected chi connectivity index (χ1v) is 5.30. The second kappa shape index (κ2) is 4.76. The summed E-state index contributed by atoms with van der Waals surface area (Å²) in [6, 6.07) is 1.86. The third-order valence-corrected chi connectivity index (χ3v) is 2.07. The van der Waals surface area contributed by atoms with Crippen LogP contribution in [0.1, 0.15) is 25.2 Å². The fourth-order valence-electron chi connectivity index (χ4n) is 1.54. The predicted molar refractivity (Wildman–Crippen MR) is 64.2 cm³/mol. The lowest BCUT2D eigenvalue weighted by Gasteiger charge is -2.25. The number of anilines is 1. The van der Waals surface area contributed by atoms with Gasteiger partial charge in [0.05, 0.1) is 11.3 Å². The lowest BCUT2D eigenvalue weighted by molar-refractivity contribution is 0.0882. The monoisotopic (exact) mass is 224 g/mol. The van der Waals surface area contributed by atoms with E-state index in [0.29, 0.717) is 19.0 Å². The molecule has 0 radical (unpaired) electrons. The zero-order valence-electron chi connectivity index (χ0n) is 10.4. The Labute approximate surface area is 96.3 Å². The maximum absolute atomic E-state index is 9.72. The van der Waals surface area contributed by atoms with Crippen LogP contribution in [-0.2, 0) is 6.54 Å². The largest absolute Gasteiger partial charge is 0.389 e. The zero-order chi connectivity index (χ0) is 12.3. The summed E-state index contributed by atoms with van der Waals surface area (Å²) in [4.78, 5) is 10.5. The molecule has 90 valence electrons. The van der Waals surface area contributed by atoms with Crippen molar-refractivity contribution >= 4 is 5.95 Å². The predicted octanol–water partition coefficient (Wildman–Crippen LogP) is 0.451. The number of aryl methyl sites for hydroxylation is 1. The Kier molecular flexibility index (Phi) is 3.83. The second-order valence-corrected chi connectivity index (χ2v) is 4.67. The van der Waals surface area contributed by atoms with E-state index in [1.165, 1.54) is 0 Å². The molecule has 0 saturated carbocycles. The molecule has 0 aliphatic rings. The van der Waals surface area contributed by atoms with Gasteiger partial charge in [0.1, 0.15) is 0 Å². The number of rotatable bonds is 4. The average molecular weight is 224 g/mol. The lowest BCUT2D eigenvalue weighted by atomic mass is 10.1.